The standard InChI is InChI=1S/C11H19NO3S/c1-5-15-11(13)9-6-7-12(16(4)14)10(9)8(2)3/h6,8,10H,5,7H2,1-4H3/t10-,16-/m1/s1. The van der Waals surface area contributed by atoms with E-state index in [0.29, 0.717) is 18.7 Å². The third-order valence-electron chi connectivity index (χ3n) is 2.59. The van der Waals surface area contributed by atoms with E-state index in [1.807, 2.05) is 24.2 Å². The zero-order valence-electron chi connectivity index (χ0n) is 10.2. The highest BCUT2D eigenvalue weighted by Gasteiger charge is 2.39. The van der Waals surface area contributed by atoms with Gasteiger partial charge in [0.1, 0.15) is 6.26 Å². The Labute approximate surface area is 100.0 Å². The second-order valence-electron chi connectivity index (χ2n) is 4.09. The van der Waals surface area contributed by atoms with Crippen LogP contribution in [0.1, 0.15) is 20.8 Å². The van der Waals surface area contributed by atoms with Crippen LogP contribution in [-0.4, -0.2) is 40.3 Å². The Bertz CT molecular complexity index is 289. The number of hydrogen-bond donors (Lipinski definition) is 0. The minimum atomic E-state index is -1.06. The number of rotatable bonds is 4. The Morgan fingerprint density at radius 2 is 2.38 bits per heavy atom. The lowest BCUT2D eigenvalue weighted by Gasteiger charge is -2.27. The van der Waals surface area contributed by atoms with Crippen molar-refractivity contribution >= 4 is 17.3 Å². The van der Waals surface area contributed by atoms with Crippen LogP contribution in [0.15, 0.2) is 11.6 Å². The van der Waals surface area contributed by atoms with Gasteiger partial charge in [-0.3, -0.25) is 0 Å². The molecule has 0 N–H and O–H groups in total. The summed E-state index contributed by atoms with van der Waals surface area (Å²) >= 11 is -1.06. The largest absolute Gasteiger partial charge is 0.598 e. The van der Waals surface area contributed by atoms with E-state index in [2.05, 4.69) is 0 Å². The van der Waals surface area contributed by atoms with Gasteiger partial charge in [-0.15, -0.1) is 4.31 Å². The van der Waals surface area contributed by atoms with Crippen LogP contribution in [0, 0.1) is 5.92 Å². The second kappa shape index (κ2) is 5.70. The summed E-state index contributed by atoms with van der Waals surface area (Å²) in [6.45, 7) is 6.75. The normalized spacial score (nSPS) is 23.4. The van der Waals surface area contributed by atoms with E-state index in [1.54, 1.807) is 13.2 Å². The number of esters is 1. The first-order valence-electron chi connectivity index (χ1n) is 5.46. The Morgan fingerprint density at radius 1 is 1.75 bits per heavy atom. The molecule has 4 nitrogen and oxygen atoms in total. The van der Waals surface area contributed by atoms with Crippen LogP contribution in [0.25, 0.3) is 0 Å². The molecule has 0 spiro atoms. The van der Waals surface area contributed by atoms with Gasteiger partial charge in [-0.1, -0.05) is 19.9 Å². The maximum absolute atomic E-state index is 11.7. The van der Waals surface area contributed by atoms with Crippen molar-refractivity contribution in [2.45, 2.75) is 26.8 Å². The van der Waals surface area contributed by atoms with E-state index in [0.717, 1.165) is 0 Å². The van der Waals surface area contributed by atoms with Crippen molar-refractivity contribution in [3.05, 3.63) is 11.6 Å². The first-order valence-corrected chi connectivity index (χ1v) is 6.97. The summed E-state index contributed by atoms with van der Waals surface area (Å²) in [4.78, 5) is 11.7. The zero-order chi connectivity index (χ0) is 12.3. The molecule has 0 radical (unpaired) electrons. The number of nitrogens with zero attached hydrogens (tertiary/aromatic N) is 1. The van der Waals surface area contributed by atoms with E-state index in [4.69, 9.17) is 4.74 Å². The summed E-state index contributed by atoms with van der Waals surface area (Å²) < 4.78 is 18.4. The molecule has 5 heteroatoms. The zero-order valence-corrected chi connectivity index (χ0v) is 11.0. The van der Waals surface area contributed by atoms with Crippen LogP contribution < -0.4 is 0 Å². The average molecular weight is 245 g/mol. The predicted molar refractivity (Wildman–Crippen MR) is 64.1 cm³/mol. The molecule has 0 aromatic carbocycles. The maximum atomic E-state index is 11.7. The summed E-state index contributed by atoms with van der Waals surface area (Å²) in [5.74, 6) is -0.0452. The molecule has 2 atom stereocenters. The molecule has 0 aromatic heterocycles. The Hall–Kier alpha value is -0.520. The van der Waals surface area contributed by atoms with Gasteiger partial charge in [0.25, 0.3) is 0 Å². The lowest BCUT2D eigenvalue weighted by atomic mass is 9.98. The van der Waals surface area contributed by atoms with Gasteiger partial charge in [0.15, 0.2) is 0 Å². The highest BCUT2D eigenvalue weighted by molar-refractivity contribution is 7.88. The molecule has 0 unspecified atom stereocenters. The summed E-state index contributed by atoms with van der Waals surface area (Å²) in [5, 5.41) is 0. The summed E-state index contributed by atoms with van der Waals surface area (Å²) in [6.07, 6.45) is 3.46. The molecule has 1 aliphatic heterocycles. The van der Waals surface area contributed by atoms with Crippen LogP contribution in [-0.2, 0) is 20.9 Å². The molecule has 0 saturated heterocycles. The molecule has 0 bridgehead atoms. The number of carbonyl (C=O) groups excluding carboxylic acids is 1. The van der Waals surface area contributed by atoms with E-state index >= 15 is 0 Å². The van der Waals surface area contributed by atoms with Gasteiger partial charge in [-0.2, -0.15) is 0 Å². The van der Waals surface area contributed by atoms with Crippen LogP contribution in [0.2, 0.25) is 0 Å². The van der Waals surface area contributed by atoms with Crippen molar-refractivity contribution in [1.82, 2.24) is 4.31 Å². The fraction of sp³-hybridized carbons (Fsp3) is 0.727. The smallest absolute Gasteiger partial charge is 0.335 e. The van der Waals surface area contributed by atoms with Crippen LogP contribution >= 0.6 is 0 Å². The monoisotopic (exact) mass is 245 g/mol. The molecule has 16 heavy (non-hydrogen) atoms. The van der Waals surface area contributed by atoms with E-state index in [1.165, 1.54) is 0 Å². The number of ether oxygens (including phenoxy) is 1. The molecule has 1 heterocycles. The first kappa shape index (κ1) is 13.5. The van der Waals surface area contributed by atoms with Crippen molar-refractivity contribution in [2.24, 2.45) is 5.92 Å². The van der Waals surface area contributed by atoms with Crippen molar-refractivity contribution < 1.29 is 14.1 Å². The molecule has 0 saturated carbocycles. The lowest BCUT2D eigenvalue weighted by Crippen LogP contribution is -2.41. The lowest BCUT2D eigenvalue weighted by molar-refractivity contribution is -0.139. The molecule has 0 fully saturated rings. The van der Waals surface area contributed by atoms with Gasteiger partial charge in [0.2, 0.25) is 0 Å². The van der Waals surface area contributed by atoms with E-state index in [9.17, 15) is 9.35 Å². The third kappa shape index (κ3) is 2.78. The Balaban J connectivity index is 2.82. The van der Waals surface area contributed by atoms with Gasteiger partial charge in [0, 0.05) is 11.4 Å². The van der Waals surface area contributed by atoms with Crippen molar-refractivity contribution in [3.63, 3.8) is 0 Å². The minimum absolute atomic E-state index is 0.0927. The molecular weight excluding hydrogens is 226 g/mol. The second-order valence-corrected chi connectivity index (χ2v) is 5.41. The predicted octanol–water partition coefficient (Wildman–Crippen LogP) is 1.11. The highest BCUT2D eigenvalue weighted by Crippen LogP contribution is 2.28. The van der Waals surface area contributed by atoms with Crippen LogP contribution in [0.5, 0.6) is 0 Å². The number of carbonyl (C=O) groups is 1. The van der Waals surface area contributed by atoms with Gasteiger partial charge in [0.05, 0.1) is 24.8 Å². The fourth-order valence-corrected chi connectivity index (χ4v) is 2.91. The minimum Gasteiger partial charge on any atom is -0.598 e. The molecular formula is C11H19NO3S. The van der Waals surface area contributed by atoms with Crippen molar-refractivity contribution in [1.29, 1.82) is 0 Å². The van der Waals surface area contributed by atoms with Crippen LogP contribution in [0.3, 0.4) is 0 Å². The summed E-state index contributed by atoms with van der Waals surface area (Å²) in [7, 11) is 0. The Morgan fingerprint density at radius 3 is 2.81 bits per heavy atom. The SMILES string of the molecule is CCOC(=O)C1=CCN([S@@+](C)[O-])[C@@H]1C(C)C. The summed E-state index contributed by atoms with van der Waals surface area (Å²) in [5.41, 5.74) is 0.645. The highest BCUT2D eigenvalue weighted by atomic mass is 32.2. The first-order chi connectivity index (χ1) is 7.49. The van der Waals surface area contributed by atoms with Gasteiger partial charge in [-0.25, -0.2) is 4.79 Å². The van der Waals surface area contributed by atoms with Crippen molar-refractivity contribution in [3.8, 4) is 0 Å². The molecule has 0 aromatic rings. The topological polar surface area (TPSA) is 52.6 Å². The molecule has 1 aliphatic rings. The third-order valence-corrected chi connectivity index (χ3v) is 3.63. The van der Waals surface area contributed by atoms with E-state index in [-0.39, 0.29) is 17.9 Å². The molecule has 0 amide bonds. The van der Waals surface area contributed by atoms with Gasteiger partial charge in [-0.05, 0) is 12.8 Å². The fourth-order valence-electron chi connectivity index (χ4n) is 1.95. The van der Waals surface area contributed by atoms with Gasteiger partial charge < -0.3 is 9.29 Å². The molecule has 0 aliphatic carbocycles. The maximum Gasteiger partial charge on any atom is 0.335 e. The van der Waals surface area contributed by atoms with E-state index < -0.39 is 11.4 Å². The molecule has 92 valence electrons. The van der Waals surface area contributed by atoms with Gasteiger partial charge >= 0.3 is 5.97 Å². The quantitative estimate of drug-likeness (QED) is 0.550. The molecule has 1 rings (SSSR count). The summed E-state index contributed by atoms with van der Waals surface area (Å²) in [6, 6.07) is -0.0927. The average Bonchev–Trinajstić information content (AvgIpc) is 2.61. The van der Waals surface area contributed by atoms with Crippen molar-refractivity contribution in [2.75, 3.05) is 19.4 Å². The van der Waals surface area contributed by atoms with Crippen LogP contribution in [0.4, 0.5) is 0 Å². The number of hydrogen-bond acceptors (Lipinski definition) is 4. The Kier molecular flexibility index (Phi) is 4.83.